The standard InChI is InChI=1S/C13H24N4O/c1-10(2)17-9-11(14)8-12(17)13(18)15-6-5-7-16(3)4/h8-10H,5-7,14H2,1-4H3,(H,15,18). The van der Waals surface area contributed by atoms with Crippen LogP contribution in [-0.4, -0.2) is 42.6 Å². The molecule has 1 rings (SSSR count). The Labute approximate surface area is 109 Å². The Balaban J connectivity index is 2.56. The first-order valence-electron chi connectivity index (χ1n) is 6.32. The van der Waals surface area contributed by atoms with E-state index < -0.39 is 0 Å². The highest BCUT2D eigenvalue weighted by molar-refractivity contribution is 5.93. The fourth-order valence-electron chi connectivity index (χ4n) is 1.80. The van der Waals surface area contributed by atoms with Crippen molar-refractivity contribution < 1.29 is 4.79 Å². The Morgan fingerprint density at radius 1 is 1.50 bits per heavy atom. The predicted molar refractivity (Wildman–Crippen MR) is 74.7 cm³/mol. The Kier molecular flexibility index (Phi) is 5.22. The maximum Gasteiger partial charge on any atom is 0.267 e. The molecule has 1 aromatic heterocycles. The van der Waals surface area contributed by atoms with Gasteiger partial charge in [0.1, 0.15) is 5.69 Å². The SMILES string of the molecule is CC(C)n1cc(N)cc1C(=O)NCCCN(C)C. The molecule has 0 fully saturated rings. The third-order valence-corrected chi connectivity index (χ3v) is 2.73. The molecular weight excluding hydrogens is 228 g/mol. The van der Waals surface area contributed by atoms with Gasteiger partial charge < -0.3 is 20.5 Å². The molecule has 0 bridgehead atoms. The molecule has 0 aliphatic carbocycles. The summed E-state index contributed by atoms with van der Waals surface area (Å²) in [5.74, 6) is -0.0563. The molecule has 3 N–H and O–H groups in total. The number of anilines is 1. The molecule has 0 saturated heterocycles. The number of nitrogens with one attached hydrogen (secondary N) is 1. The third-order valence-electron chi connectivity index (χ3n) is 2.73. The molecule has 5 heteroatoms. The summed E-state index contributed by atoms with van der Waals surface area (Å²) in [6.07, 6.45) is 2.75. The molecule has 0 aliphatic heterocycles. The van der Waals surface area contributed by atoms with Crippen LogP contribution in [0.2, 0.25) is 0 Å². The van der Waals surface area contributed by atoms with E-state index in [2.05, 4.69) is 10.2 Å². The van der Waals surface area contributed by atoms with E-state index in [9.17, 15) is 4.79 Å². The number of amides is 1. The number of carbonyl (C=O) groups excluding carboxylic acids is 1. The van der Waals surface area contributed by atoms with Crippen LogP contribution in [-0.2, 0) is 0 Å². The molecule has 0 unspecified atom stereocenters. The largest absolute Gasteiger partial charge is 0.397 e. The minimum absolute atomic E-state index is 0.0563. The maximum atomic E-state index is 12.0. The second-order valence-electron chi connectivity index (χ2n) is 5.07. The van der Waals surface area contributed by atoms with Gasteiger partial charge in [-0.25, -0.2) is 0 Å². The van der Waals surface area contributed by atoms with Gasteiger partial charge >= 0.3 is 0 Å². The molecule has 0 aromatic carbocycles. The summed E-state index contributed by atoms with van der Waals surface area (Å²) >= 11 is 0. The van der Waals surface area contributed by atoms with Crippen LogP contribution >= 0.6 is 0 Å². The van der Waals surface area contributed by atoms with Crippen LogP contribution in [0.25, 0.3) is 0 Å². The number of nitrogens with two attached hydrogens (primary N) is 1. The number of aromatic nitrogens is 1. The van der Waals surface area contributed by atoms with E-state index in [-0.39, 0.29) is 11.9 Å². The molecule has 1 amide bonds. The van der Waals surface area contributed by atoms with E-state index >= 15 is 0 Å². The molecule has 0 spiro atoms. The van der Waals surface area contributed by atoms with Crippen molar-refractivity contribution in [3.05, 3.63) is 18.0 Å². The van der Waals surface area contributed by atoms with Crippen molar-refractivity contribution in [2.24, 2.45) is 0 Å². The van der Waals surface area contributed by atoms with Gasteiger partial charge in [-0.2, -0.15) is 0 Å². The predicted octanol–water partition coefficient (Wildman–Crippen LogP) is 1.33. The van der Waals surface area contributed by atoms with Crippen LogP contribution in [0.15, 0.2) is 12.3 Å². The number of rotatable bonds is 6. The van der Waals surface area contributed by atoms with Gasteiger partial charge in [0, 0.05) is 18.8 Å². The molecule has 1 heterocycles. The fraction of sp³-hybridized carbons (Fsp3) is 0.615. The van der Waals surface area contributed by atoms with Crippen molar-refractivity contribution in [1.82, 2.24) is 14.8 Å². The average Bonchev–Trinajstić information content (AvgIpc) is 2.66. The van der Waals surface area contributed by atoms with Crippen molar-refractivity contribution in [2.45, 2.75) is 26.3 Å². The van der Waals surface area contributed by atoms with Gasteiger partial charge in [-0.05, 0) is 47.0 Å². The zero-order chi connectivity index (χ0) is 13.7. The lowest BCUT2D eigenvalue weighted by Gasteiger charge is -2.13. The van der Waals surface area contributed by atoms with Gasteiger partial charge in [-0.15, -0.1) is 0 Å². The average molecular weight is 252 g/mol. The van der Waals surface area contributed by atoms with Crippen LogP contribution in [0.3, 0.4) is 0 Å². The van der Waals surface area contributed by atoms with Crippen molar-refractivity contribution in [3.63, 3.8) is 0 Å². The molecular formula is C13H24N4O. The van der Waals surface area contributed by atoms with Gasteiger partial charge in [0.2, 0.25) is 0 Å². The first kappa shape index (κ1) is 14.6. The van der Waals surface area contributed by atoms with Crippen LogP contribution < -0.4 is 11.1 Å². The Morgan fingerprint density at radius 2 is 2.17 bits per heavy atom. The van der Waals surface area contributed by atoms with Crippen LogP contribution in [0.5, 0.6) is 0 Å². The van der Waals surface area contributed by atoms with E-state index in [4.69, 9.17) is 5.73 Å². The minimum Gasteiger partial charge on any atom is -0.397 e. The zero-order valence-corrected chi connectivity index (χ0v) is 11.7. The quantitative estimate of drug-likeness (QED) is 0.751. The highest BCUT2D eigenvalue weighted by atomic mass is 16.1. The molecule has 1 aromatic rings. The van der Waals surface area contributed by atoms with Gasteiger partial charge in [-0.3, -0.25) is 4.79 Å². The number of carbonyl (C=O) groups is 1. The Bertz CT molecular complexity index is 396. The fourth-order valence-corrected chi connectivity index (χ4v) is 1.80. The van der Waals surface area contributed by atoms with E-state index in [0.717, 1.165) is 13.0 Å². The Hall–Kier alpha value is -1.49. The van der Waals surface area contributed by atoms with Crippen molar-refractivity contribution in [1.29, 1.82) is 0 Å². The number of nitrogen functional groups attached to an aromatic ring is 1. The summed E-state index contributed by atoms with van der Waals surface area (Å²) < 4.78 is 1.90. The smallest absolute Gasteiger partial charge is 0.267 e. The Morgan fingerprint density at radius 3 is 2.72 bits per heavy atom. The topological polar surface area (TPSA) is 63.3 Å². The summed E-state index contributed by atoms with van der Waals surface area (Å²) in [4.78, 5) is 14.1. The number of hydrogen-bond donors (Lipinski definition) is 2. The molecule has 0 radical (unpaired) electrons. The number of hydrogen-bond acceptors (Lipinski definition) is 3. The van der Waals surface area contributed by atoms with Gasteiger partial charge in [-0.1, -0.05) is 0 Å². The minimum atomic E-state index is -0.0563. The highest BCUT2D eigenvalue weighted by Gasteiger charge is 2.14. The van der Waals surface area contributed by atoms with E-state index in [1.807, 2.05) is 32.5 Å². The lowest BCUT2D eigenvalue weighted by atomic mass is 10.3. The first-order valence-corrected chi connectivity index (χ1v) is 6.32. The van der Waals surface area contributed by atoms with Gasteiger partial charge in [0.25, 0.3) is 5.91 Å². The first-order chi connectivity index (χ1) is 8.41. The van der Waals surface area contributed by atoms with Crippen LogP contribution in [0.4, 0.5) is 5.69 Å². The summed E-state index contributed by atoms with van der Waals surface area (Å²) in [6, 6.07) is 1.95. The second kappa shape index (κ2) is 6.44. The number of nitrogens with zero attached hydrogens (tertiary/aromatic N) is 2. The van der Waals surface area contributed by atoms with Crippen LogP contribution in [0.1, 0.15) is 36.8 Å². The summed E-state index contributed by atoms with van der Waals surface area (Å²) in [6.45, 7) is 5.71. The molecule has 0 aliphatic rings. The van der Waals surface area contributed by atoms with Crippen molar-refractivity contribution >= 4 is 11.6 Å². The van der Waals surface area contributed by atoms with E-state index in [1.165, 1.54) is 0 Å². The molecule has 5 nitrogen and oxygen atoms in total. The highest BCUT2D eigenvalue weighted by Crippen LogP contribution is 2.16. The van der Waals surface area contributed by atoms with Gasteiger partial charge in [0.05, 0.1) is 5.69 Å². The normalized spacial score (nSPS) is 11.2. The molecule has 102 valence electrons. The molecule has 0 atom stereocenters. The summed E-state index contributed by atoms with van der Waals surface area (Å²) in [5.41, 5.74) is 7.00. The van der Waals surface area contributed by atoms with Crippen molar-refractivity contribution in [3.8, 4) is 0 Å². The zero-order valence-electron chi connectivity index (χ0n) is 11.7. The summed E-state index contributed by atoms with van der Waals surface area (Å²) in [5, 5.41) is 2.92. The lowest BCUT2D eigenvalue weighted by Crippen LogP contribution is -2.29. The summed E-state index contributed by atoms with van der Waals surface area (Å²) in [7, 11) is 4.04. The van der Waals surface area contributed by atoms with Gasteiger partial charge in [0.15, 0.2) is 0 Å². The van der Waals surface area contributed by atoms with Crippen LogP contribution in [0, 0.1) is 0 Å². The monoisotopic (exact) mass is 252 g/mol. The molecule has 18 heavy (non-hydrogen) atoms. The second-order valence-corrected chi connectivity index (χ2v) is 5.07. The molecule has 0 saturated carbocycles. The lowest BCUT2D eigenvalue weighted by molar-refractivity contribution is 0.0941. The van der Waals surface area contributed by atoms with Crippen molar-refractivity contribution in [2.75, 3.05) is 32.9 Å². The van der Waals surface area contributed by atoms with E-state index in [1.54, 1.807) is 12.3 Å². The van der Waals surface area contributed by atoms with E-state index in [0.29, 0.717) is 17.9 Å². The maximum absolute atomic E-state index is 12.0. The third kappa shape index (κ3) is 4.07.